The summed E-state index contributed by atoms with van der Waals surface area (Å²) in [5, 5.41) is 16.6. The maximum absolute atomic E-state index is 11.0. The molecule has 1 N–H and O–H groups in total. The third kappa shape index (κ3) is 2.17. The molecule has 0 bridgehead atoms. The van der Waals surface area contributed by atoms with Crippen LogP contribution < -0.4 is 4.74 Å². The van der Waals surface area contributed by atoms with E-state index < -0.39 is 12.0 Å². The number of benzene rings is 1. The monoisotopic (exact) mass is 247 g/mol. The molecular formula is C12H13N3O3. The lowest BCUT2D eigenvalue weighted by atomic mass is 10.1. The van der Waals surface area contributed by atoms with Gasteiger partial charge in [0.25, 0.3) is 0 Å². The fourth-order valence-corrected chi connectivity index (χ4v) is 1.60. The number of carbonyl (C=O) groups is 1. The van der Waals surface area contributed by atoms with Gasteiger partial charge in [0.2, 0.25) is 0 Å². The predicted molar refractivity (Wildman–Crippen MR) is 64.4 cm³/mol. The average molecular weight is 247 g/mol. The summed E-state index contributed by atoms with van der Waals surface area (Å²) in [6.45, 7) is 1.56. The summed E-state index contributed by atoms with van der Waals surface area (Å²) in [7, 11) is 1.59. The number of carboxylic acids is 1. The Balaban J connectivity index is 2.38. The van der Waals surface area contributed by atoms with Gasteiger partial charge in [0, 0.05) is 5.56 Å². The number of carboxylic acid groups (broad SMARTS) is 1. The van der Waals surface area contributed by atoms with E-state index in [1.54, 1.807) is 32.4 Å². The van der Waals surface area contributed by atoms with Gasteiger partial charge in [-0.25, -0.2) is 9.48 Å². The van der Waals surface area contributed by atoms with Gasteiger partial charge in [-0.05, 0) is 31.2 Å². The standard InChI is InChI=1S/C12H13N3O3/c1-8(12(16)17)15-11(7-13-14-15)9-3-5-10(18-2)6-4-9/h3-8H,1-2H3,(H,16,17). The van der Waals surface area contributed by atoms with Crippen LogP contribution in [0.25, 0.3) is 11.3 Å². The maximum Gasteiger partial charge on any atom is 0.328 e. The van der Waals surface area contributed by atoms with E-state index in [-0.39, 0.29) is 0 Å². The van der Waals surface area contributed by atoms with Gasteiger partial charge in [0.1, 0.15) is 11.8 Å². The Kier molecular flexibility index (Phi) is 3.27. The van der Waals surface area contributed by atoms with Crippen LogP contribution >= 0.6 is 0 Å². The first kappa shape index (κ1) is 12.1. The van der Waals surface area contributed by atoms with Crippen LogP contribution in [0.5, 0.6) is 5.75 Å². The van der Waals surface area contributed by atoms with Gasteiger partial charge in [-0.3, -0.25) is 0 Å². The normalized spacial score (nSPS) is 12.1. The minimum atomic E-state index is -0.949. The first-order valence-corrected chi connectivity index (χ1v) is 5.41. The first-order valence-electron chi connectivity index (χ1n) is 5.41. The number of aliphatic carboxylic acids is 1. The molecule has 0 aliphatic heterocycles. The predicted octanol–water partition coefficient (Wildman–Crippen LogP) is 1.60. The van der Waals surface area contributed by atoms with Crippen molar-refractivity contribution in [2.24, 2.45) is 0 Å². The Hall–Kier alpha value is -2.37. The Labute approximate surface area is 104 Å². The van der Waals surface area contributed by atoms with Gasteiger partial charge < -0.3 is 9.84 Å². The summed E-state index contributed by atoms with van der Waals surface area (Å²) in [6, 6.07) is 6.52. The second-order valence-electron chi connectivity index (χ2n) is 3.81. The summed E-state index contributed by atoms with van der Waals surface area (Å²) >= 11 is 0. The van der Waals surface area contributed by atoms with Crippen LogP contribution in [0, 0.1) is 0 Å². The van der Waals surface area contributed by atoms with E-state index in [9.17, 15) is 4.79 Å². The molecule has 1 aromatic carbocycles. The molecule has 18 heavy (non-hydrogen) atoms. The van der Waals surface area contributed by atoms with Crippen molar-refractivity contribution in [1.82, 2.24) is 15.0 Å². The lowest BCUT2D eigenvalue weighted by Gasteiger charge is -2.10. The van der Waals surface area contributed by atoms with Crippen LogP contribution in [-0.4, -0.2) is 33.2 Å². The zero-order valence-electron chi connectivity index (χ0n) is 10.1. The number of ether oxygens (including phenoxy) is 1. The molecule has 2 aromatic rings. The Morgan fingerprint density at radius 3 is 2.61 bits per heavy atom. The van der Waals surface area contributed by atoms with Crippen LogP contribution in [0.4, 0.5) is 0 Å². The lowest BCUT2D eigenvalue weighted by Crippen LogP contribution is -2.17. The Morgan fingerprint density at radius 1 is 1.39 bits per heavy atom. The summed E-state index contributed by atoms with van der Waals surface area (Å²) in [6.07, 6.45) is 1.54. The third-order valence-corrected chi connectivity index (χ3v) is 2.68. The highest BCUT2D eigenvalue weighted by molar-refractivity contribution is 5.72. The van der Waals surface area contributed by atoms with Crippen LogP contribution in [0.15, 0.2) is 30.5 Å². The molecule has 6 heteroatoms. The SMILES string of the molecule is COc1ccc(-c2cnnn2C(C)C(=O)O)cc1. The summed E-state index contributed by atoms with van der Waals surface area (Å²) in [5.74, 6) is -0.209. The fourth-order valence-electron chi connectivity index (χ4n) is 1.60. The van der Waals surface area contributed by atoms with Gasteiger partial charge in [-0.2, -0.15) is 0 Å². The fraction of sp³-hybridized carbons (Fsp3) is 0.250. The van der Waals surface area contributed by atoms with Crippen molar-refractivity contribution in [1.29, 1.82) is 0 Å². The highest BCUT2D eigenvalue weighted by Crippen LogP contribution is 2.23. The molecule has 1 heterocycles. The van der Waals surface area contributed by atoms with E-state index in [1.807, 2.05) is 12.1 Å². The topological polar surface area (TPSA) is 77.2 Å². The van der Waals surface area contributed by atoms with Gasteiger partial charge >= 0.3 is 5.97 Å². The van der Waals surface area contributed by atoms with Crippen molar-refractivity contribution in [3.05, 3.63) is 30.5 Å². The second-order valence-corrected chi connectivity index (χ2v) is 3.81. The van der Waals surface area contributed by atoms with Crippen LogP contribution in [0.3, 0.4) is 0 Å². The molecule has 2 rings (SSSR count). The van der Waals surface area contributed by atoms with Crippen molar-refractivity contribution < 1.29 is 14.6 Å². The minimum absolute atomic E-state index is 0.660. The molecule has 0 radical (unpaired) electrons. The van der Waals surface area contributed by atoms with Crippen LogP contribution in [0.2, 0.25) is 0 Å². The van der Waals surface area contributed by atoms with Crippen molar-refractivity contribution in [2.45, 2.75) is 13.0 Å². The molecule has 6 nitrogen and oxygen atoms in total. The van der Waals surface area contributed by atoms with Crippen LogP contribution in [-0.2, 0) is 4.79 Å². The van der Waals surface area contributed by atoms with E-state index >= 15 is 0 Å². The van der Waals surface area contributed by atoms with Gasteiger partial charge in [-0.1, -0.05) is 5.21 Å². The largest absolute Gasteiger partial charge is 0.497 e. The molecule has 1 unspecified atom stereocenters. The van der Waals surface area contributed by atoms with Gasteiger partial charge in [0.05, 0.1) is 19.0 Å². The minimum Gasteiger partial charge on any atom is -0.497 e. The number of rotatable bonds is 4. The van der Waals surface area contributed by atoms with E-state index in [4.69, 9.17) is 9.84 Å². The molecule has 0 saturated carbocycles. The smallest absolute Gasteiger partial charge is 0.328 e. The molecule has 0 spiro atoms. The highest BCUT2D eigenvalue weighted by Gasteiger charge is 2.18. The third-order valence-electron chi connectivity index (χ3n) is 2.68. The van der Waals surface area contributed by atoms with Gasteiger partial charge in [-0.15, -0.1) is 5.10 Å². The van der Waals surface area contributed by atoms with Crippen molar-refractivity contribution in [3.63, 3.8) is 0 Å². The Bertz CT molecular complexity index is 548. The molecule has 0 amide bonds. The summed E-state index contributed by atoms with van der Waals surface area (Å²) < 4.78 is 6.45. The van der Waals surface area contributed by atoms with E-state index in [0.29, 0.717) is 5.69 Å². The molecule has 0 saturated heterocycles. The first-order chi connectivity index (χ1) is 8.63. The summed E-state index contributed by atoms with van der Waals surface area (Å²) in [5.41, 5.74) is 1.50. The number of methoxy groups -OCH3 is 1. The number of hydrogen-bond donors (Lipinski definition) is 1. The molecule has 0 aliphatic rings. The highest BCUT2D eigenvalue weighted by atomic mass is 16.5. The number of hydrogen-bond acceptors (Lipinski definition) is 4. The van der Waals surface area contributed by atoms with Gasteiger partial charge in [0.15, 0.2) is 0 Å². The molecule has 1 atom stereocenters. The zero-order chi connectivity index (χ0) is 13.1. The van der Waals surface area contributed by atoms with E-state index in [2.05, 4.69) is 10.3 Å². The van der Waals surface area contributed by atoms with E-state index in [0.717, 1.165) is 11.3 Å². The second kappa shape index (κ2) is 4.87. The average Bonchev–Trinajstić information content (AvgIpc) is 2.87. The number of nitrogens with zero attached hydrogens (tertiary/aromatic N) is 3. The molecule has 1 aromatic heterocycles. The quantitative estimate of drug-likeness (QED) is 0.887. The lowest BCUT2D eigenvalue weighted by molar-refractivity contribution is -0.140. The van der Waals surface area contributed by atoms with E-state index in [1.165, 1.54) is 4.68 Å². The van der Waals surface area contributed by atoms with Crippen LogP contribution in [0.1, 0.15) is 13.0 Å². The molecular weight excluding hydrogens is 234 g/mol. The van der Waals surface area contributed by atoms with Crippen molar-refractivity contribution in [3.8, 4) is 17.0 Å². The molecule has 0 fully saturated rings. The number of aromatic nitrogens is 3. The maximum atomic E-state index is 11.0. The summed E-state index contributed by atoms with van der Waals surface area (Å²) in [4.78, 5) is 11.0. The zero-order valence-corrected chi connectivity index (χ0v) is 10.1. The van der Waals surface area contributed by atoms with Crippen molar-refractivity contribution >= 4 is 5.97 Å². The molecule has 0 aliphatic carbocycles. The van der Waals surface area contributed by atoms with Crippen molar-refractivity contribution in [2.75, 3.05) is 7.11 Å². The Morgan fingerprint density at radius 2 is 2.06 bits per heavy atom. The molecule has 94 valence electrons.